The number of hydrogen-bond donors (Lipinski definition) is 1. The summed E-state index contributed by atoms with van der Waals surface area (Å²) in [5.41, 5.74) is 0. The molecule has 37 heavy (non-hydrogen) atoms. The molecule has 5 saturated heterocycles. The number of piperazine rings is 1. The Labute approximate surface area is 233 Å². The second-order valence-electron chi connectivity index (χ2n) is 10.7. The predicted octanol–water partition coefficient (Wildman–Crippen LogP) is 0.584. The third kappa shape index (κ3) is 21.5. The Balaban J connectivity index is 0.000000232. The SMILES string of the molecule is CN1CCCCC1.CN1CCNCC1.CN1CCOCC1.CN1CCS(=O)(=O)CC1.CN1CCSCC1. The Morgan fingerprint density at radius 1 is 0.568 bits per heavy atom. The Hall–Kier alpha value is 0.0200. The minimum Gasteiger partial charge on any atom is -0.379 e. The topological polar surface area (TPSA) is 71.6 Å². The minimum atomic E-state index is -2.66. The molecule has 0 aliphatic carbocycles. The van der Waals surface area contributed by atoms with Gasteiger partial charge in [-0.2, -0.15) is 11.8 Å². The molecule has 0 aromatic heterocycles. The highest BCUT2D eigenvalue weighted by Gasteiger charge is 2.18. The van der Waals surface area contributed by atoms with Gasteiger partial charge in [-0.3, -0.25) is 0 Å². The minimum absolute atomic E-state index is 0.337. The van der Waals surface area contributed by atoms with Gasteiger partial charge in [0, 0.05) is 77.0 Å². The summed E-state index contributed by atoms with van der Waals surface area (Å²) < 4.78 is 26.6. The zero-order valence-electron chi connectivity index (χ0n) is 24.6. The van der Waals surface area contributed by atoms with E-state index in [-0.39, 0.29) is 0 Å². The van der Waals surface area contributed by atoms with E-state index in [0.29, 0.717) is 24.6 Å². The largest absolute Gasteiger partial charge is 0.379 e. The average Bonchev–Trinajstić information content (AvgIpc) is 2.89. The molecule has 0 amide bonds. The summed E-state index contributed by atoms with van der Waals surface area (Å²) in [6.45, 7) is 15.4. The quantitative estimate of drug-likeness (QED) is 0.450. The van der Waals surface area contributed by atoms with E-state index < -0.39 is 9.84 Å². The lowest BCUT2D eigenvalue weighted by Crippen LogP contribution is -2.40. The molecule has 5 rings (SSSR count). The highest BCUT2D eigenvalue weighted by Crippen LogP contribution is 2.06. The highest BCUT2D eigenvalue weighted by molar-refractivity contribution is 7.99. The van der Waals surface area contributed by atoms with E-state index in [1.807, 2.05) is 11.9 Å². The van der Waals surface area contributed by atoms with Crippen LogP contribution in [0.2, 0.25) is 0 Å². The first-order valence-corrected chi connectivity index (χ1v) is 17.1. The lowest BCUT2D eigenvalue weighted by Gasteiger charge is -2.21. The van der Waals surface area contributed by atoms with Gasteiger partial charge in [0.25, 0.3) is 0 Å². The summed E-state index contributed by atoms with van der Waals surface area (Å²) in [7, 11) is 7.92. The maximum Gasteiger partial charge on any atom is 0.152 e. The van der Waals surface area contributed by atoms with Gasteiger partial charge in [-0.05, 0) is 61.2 Å². The number of thioether (sulfide) groups is 1. The molecule has 0 bridgehead atoms. The van der Waals surface area contributed by atoms with Crippen molar-refractivity contribution in [2.75, 3.05) is 150 Å². The summed E-state index contributed by atoms with van der Waals surface area (Å²) in [5.74, 6) is 3.33. The third-order valence-electron chi connectivity index (χ3n) is 6.96. The maximum atomic E-state index is 10.8. The van der Waals surface area contributed by atoms with Crippen LogP contribution in [-0.4, -0.2) is 183 Å². The van der Waals surface area contributed by atoms with Crippen molar-refractivity contribution in [2.24, 2.45) is 0 Å². The number of likely N-dealkylation sites (tertiary alicyclic amines) is 1. The lowest BCUT2D eigenvalue weighted by atomic mass is 10.1. The van der Waals surface area contributed by atoms with Crippen LogP contribution >= 0.6 is 11.8 Å². The fraction of sp³-hybridized carbons (Fsp3) is 1.00. The zero-order chi connectivity index (χ0) is 27.4. The van der Waals surface area contributed by atoms with E-state index in [9.17, 15) is 8.42 Å². The molecule has 5 fully saturated rings. The summed E-state index contributed by atoms with van der Waals surface area (Å²) in [4.78, 5) is 11.4. The van der Waals surface area contributed by atoms with Crippen molar-refractivity contribution in [3.63, 3.8) is 0 Å². The number of likely N-dealkylation sites (N-methyl/N-ethyl adjacent to an activating group) is 2. The summed E-state index contributed by atoms with van der Waals surface area (Å²) in [6, 6.07) is 0. The first-order valence-electron chi connectivity index (χ1n) is 14.2. The molecule has 11 heteroatoms. The third-order valence-corrected chi connectivity index (χ3v) is 9.51. The number of piperidine rings is 1. The van der Waals surface area contributed by atoms with Crippen LogP contribution in [0.4, 0.5) is 0 Å². The Bertz CT molecular complexity index is 542. The van der Waals surface area contributed by atoms with Gasteiger partial charge in [-0.1, -0.05) is 6.42 Å². The van der Waals surface area contributed by atoms with Gasteiger partial charge in [0.05, 0.1) is 24.7 Å². The molecule has 0 saturated carbocycles. The monoisotopic (exact) mass is 566 g/mol. The van der Waals surface area contributed by atoms with Crippen LogP contribution < -0.4 is 5.32 Å². The Kier molecular flexibility index (Phi) is 20.6. The van der Waals surface area contributed by atoms with Crippen molar-refractivity contribution in [3.05, 3.63) is 0 Å². The van der Waals surface area contributed by atoms with Crippen molar-refractivity contribution >= 4 is 21.6 Å². The highest BCUT2D eigenvalue weighted by atomic mass is 32.2. The molecule has 0 atom stereocenters. The molecule has 5 heterocycles. The normalized spacial score (nSPS) is 26.0. The Morgan fingerprint density at radius 3 is 1.30 bits per heavy atom. The Morgan fingerprint density at radius 2 is 1.00 bits per heavy atom. The number of rotatable bonds is 0. The molecule has 0 aromatic carbocycles. The molecule has 0 unspecified atom stereocenters. The van der Waals surface area contributed by atoms with Crippen molar-refractivity contribution in [3.8, 4) is 0 Å². The molecule has 222 valence electrons. The van der Waals surface area contributed by atoms with Crippen LogP contribution in [0, 0.1) is 0 Å². The van der Waals surface area contributed by atoms with Crippen LogP contribution in [0.3, 0.4) is 0 Å². The van der Waals surface area contributed by atoms with Crippen molar-refractivity contribution < 1.29 is 13.2 Å². The van der Waals surface area contributed by atoms with Crippen molar-refractivity contribution in [1.82, 2.24) is 29.8 Å². The number of nitrogens with one attached hydrogen (secondary N) is 1. The van der Waals surface area contributed by atoms with Crippen molar-refractivity contribution in [1.29, 1.82) is 0 Å². The van der Waals surface area contributed by atoms with Crippen LogP contribution in [0.5, 0.6) is 0 Å². The number of morpholine rings is 1. The van der Waals surface area contributed by atoms with Gasteiger partial charge in [0.2, 0.25) is 0 Å². The van der Waals surface area contributed by atoms with Crippen molar-refractivity contribution in [2.45, 2.75) is 19.3 Å². The number of sulfone groups is 1. The summed E-state index contributed by atoms with van der Waals surface area (Å²) >= 11 is 2.06. The number of hydrogen-bond acceptors (Lipinski definition) is 10. The second-order valence-corrected chi connectivity index (χ2v) is 14.2. The van der Waals surface area contributed by atoms with Gasteiger partial charge >= 0.3 is 0 Å². The van der Waals surface area contributed by atoms with Crippen LogP contribution in [-0.2, 0) is 14.6 Å². The van der Waals surface area contributed by atoms with Gasteiger partial charge in [0.15, 0.2) is 9.84 Å². The molecule has 5 aliphatic heterocycles. The number of ether oxygens (including phenoxy) is 1. The maximum absolute atomic E-state index is 10.8. The summed E-state index contributed by atoms with van der Waals surface area (Å²) in [6.07, 6.45) is 4.28. The van der Waals surface area contributed by atoms with Gasteiger partial charge in [-0.15, -0.1) is 0 Å². The van der Waals surface area contributed by atoms with E-state index in [1.165, 1.54) is 70.0 Å². The van der Waals surface area contributed by atoms with Crippen LogP contribution in [0.15, 0.2) is 0 Å². The fourth-order valence-electron chi connectivity index (χ4n) is 3.94. The van der Waals surface area contributed by atoms with E-state index in [4.69, 9.17) is 4.74 Å². The molecular weight excluding hydrogens is 508 g/mol. The predicted molar refractivity (Wildman–Crippen MR) is 161 cm³/mol. The fourth-order valence-corrected chi connectivity index (χ4v) is 6.41. The smallest absolute Gasteiger partial charge is 0.152 e. The van der Waals surface area contributed by atoms with E-state index in [2.05, 4.69) is 64.9 Å². The molecule has 0 radical (unpaired) electrons. The number of nitrogens with zero attached hydrogens (tertiary/aromatic N) is 5. The van der Waals surface area contributed by atoms with Gasteiger partial charge in [-0.25, -0.2) is 8.42 Å². The van der Waals surface area contributed by atoms with E-state index in [0.717, 1.165) is 39.4 Å². The van der Waals surface area contributed by atoms with E-state index in [1.54, 1.807) is 0 Å². The molecule has 0 aromatic rings. The van der Waals surface area contributed by atoms with Crippen LogP contribution in [0.1, 0.15) is 19.3 Å². The first kappa shape index (κ1) is 35.0. The van der Waals surface area contributed by atoms with E-state index >= 15 is 0 Å². The lowest BCUT2D eigenvalue weighted by molar-refractivity contribution is 0.0503. The molecular formula is C26H58N6O3S2. The summed E-state index contributed by atoms with van der Waals surface area (Å²) in [5, 5.41) is 3.27. The molecule has 1 N–H and O–H groups in total. The first-order chi connectivity index (χ1) is 17.7. The van der Waals surface area contributed by atoms with Gasteiger partial charge < -0.3 is 34.6 Å². The zero-order valence-corrected chi connectivity index (χ0v) is 26.3. The molecule has 9 nitrogen and oxygen atoms in total. The second kappa shape index (κ2) is 21.8. The average molecular weight is 567 g/mol. The standard InChI is InChI=1S/C6H13N.C5H12N2.C5H11NO2S.C5H11NO.C5H11NS/c1-7-5-3-2-4-6-7;1-7-4-2-6-3-5-7;1-6-2-4-9(7,8)5-3-6;2*1-6-2-4-7-5-3-6/h2-6H2,1H3;6H,2-5H2,1H3;2-5H2,1H3;2*2-5H2,1H3. The molecule has 0 spiro atoms. The molecule has 5 aliphatic rings. The van der Waals surface area contributed by atoms with Gasteiger partial charge in [0.1, 0.15) is 0 Å². The van der Waals surface area contributed by atoms with Crippen LogP contribution in [0.25, 0.3) is 0 Å².